The first-order valence-corrected chi connectivity index (χ1v) is 9.32. The van der Waals surface area contributed by atoms with E-state index in [9.17, 15) is 9.18 Å². The molecule has 0 fully saturated rings. The van der Waals surface area contributed by atoms with Crippen LogP contribution in [-0.4, -0.2) is 15.4 Å². The molecule has 0 bridgehead atoms. The summed E-state index contributed by atoms with van der Waals surface area (Å²) in [7, 11) is 2.03. The van der Waals surface area contributed by atoms with Gasteiger partial charge in [0, 0.05) is 41.8 Å². The minimum atomic E-state index is -0.273. The van der Waals surface area contributed by atoms with E-state index in [1.807, 2.05) is 48.3 Å². The molecule has 1 aromatic heterocycles. The zero-order valence-electron chi connectivity index (χ0n) is 15.5. The Labute approximate surface area is 162 Å². The number of carbonyl (C=O) groups excluding carboxylic acids is 1. The molecule has 0 saturated heterocycles. The Morgan fingerprint density at radius 1 is 0.893 bits per heavy atom. The Balaban J connectivity index is 1.67. The molecule has 3 nitrogen and oxygen atoms in total. The fourth-order valence-corrected chi connectivity index (χ4v) is 4.25. The molecule has 1 aliphatic heterocycles. The number of benzene rings is 3. The van der Waals surface area contributed by atoms with Gasteiger partial charge in [-0.25, -0.2) is 4.39 Å². The van der Waals surface area contributed by atoms with E-state index in [4.69, 9.17) is 0 Å². The van der Waals surface area contributed by atoms with Crippen molar-refractivity contribution in [2.75, 3.05) is 0 Å². The number of hydrogen-bond acceptors (Lipinski definition) is 1. The number of hydrogen-bond donors (Lipinski definition) is 0. The highest BCUT2D eigenvalue weighted by molar-refractivity contribution is 6.00. The molecule has 4 aromatic rings. The summed E-state index contributed by atoms with van der Waals surface area (Å²) in [5.41, 5.74) is 4.91. The summed E-state index contributed by atoms with van der Waals surface area (Å²) in [6.45, 7) is 0.432. The lowest BCUT2D eigenvalue weighted by Gasteiger charge is -2.25. The van der Waals surface area contributed by atoms with Gasteiger partial charge < -0.3 is 9.47 Å². The third-order valence-electron chi connectivity index (χ3n) is 5.55. The molecule has 1 atom stereocenters. The fourth-order valence-electron chi connectivity index (χ4n) is 4.25. The van der Waals surface area contributed by atoms with Gasteiger partial charge in [0.1, 0.15) is 5.82 Å². The van der Waals surface area contributed by atoms with E-state index in [1.165, 1.54) is 12.1 Å². The number of rotatable bonds is 3. The number of amides is 1. The van der Waals surface area contributed by atoms with E-state index in [1.54, 1.807) is 12.1 Å². The van der Waals surface area contributed by atoms with Crippen LogP contribution in [0.4, 0.5) is 4.39 Å². The first kappa shape index (κ1) is 16.8. The standard InChI is InChI=1S/C24H19FN2O/c1-26-15-21(18-6-4-5-9-22(18)26)23-19-7-2-3-8-20(19)24(28)27(23)14-16-10-12-17(25)13-11-16/h2-13,15,23H,14H2,1H3/t23-/m0/s1. The molecule has 28 heavy (non-hydrogen) atoms. The summed E-state index contributed by atoms with van der Waals surface area (Å²) in [4.78, 5) is 15.1. The molecule has 0 N–H and O–H groups in total. The van der Waals surface area contributed by atoms with Crippen molar-refractivity contribution in [3.8, 4) is 0 Å². The summed E-state index contributed by atoms with van der Waals surface area (Å²) in [6, 6.07) is 22.2. The molecular formula is C24H19FN2O. The van der Waals surface area contributed by atoms with Crippen LogP contribution in [0.2, 0.25) is 0 Å². The predicted molar refractivity (Wildman–Crippen MR) is 107 cm³/mol. The van der Waals surface area contributed by atoms with Crippen molar-refractivity contribution >= 4 is 16.8 Å². The van der Waals surface area contributed by atoms with Crippen LogP contribution < -0.4 is 0 Å². The maximum Gasteiger partial charge on any atom is 0.255 e. The minimum absolute atomic E-state index is 0.0119. The van der Waals surface area contributed by atoms with E-state index in [0.717, 1.165) is 33.2 Å². The second kappa shape index (κ2) is 6.34. The van der Waals surface area contributed by atoms with Gasteiger partial charge in [-0.1, -0.05) is 48.5 Å². The van der Waals surface area contributed by atoms with Crippen LogP contribution in [0.25, 0.3) is 10.9 Å². The van der Waals surface area contributed by atoms with Crippen LogP contribution in [0.5, 0.6) is 0 Å². The molecule has 3 aromatic carbocycles. The largest absolute Gasteiger partial charge is 0.350 e. The monoisotopic (exact) mass is 370 g/mol. The summed E-state index contributed by atoms with van der Waals surface area (Å²) in [6.07, 6.45) is 2.11. The van der Waals surface area contributed by atoms with Crippen molar-refractivity contribution in [1.29, 1.82) is 0 Å². The van der Waals surface area contributed by atoms with E-state index in [2.05, 4.69) is 22.9 Å². The molecule has 1 amide bonds. The highest BCUT2D eigenvalue weighted by Gasteiger charge is 2.38. The maximum atomic E-state index is 13.3. The lowest BCUT2D eigenvalue weighted by molar-refractivity contribution is 0.0736. The van der Waals surface area contributed by atoms with Gasteiger partial charge in [-0.15, -0.1) is 0 Å². The Morgan fingerprint density at radius 3 is 2.43 bits per heavy atom. The van der Waals surface area contributed by atoms with Gasteiger partial charge in [-0.3, -0.25) is 4.79 Å². The van der Waals surface area contributed by atoms with Crippen molar-refractivity contribution in [2.45, 2.75) is 12.6 Å². The molecule has 5 rings (SSSR count). The highest BCUT2D eigenvalue weighted by Crippen LogP contribution is 2.42. The van der Waals surface area contributed by atoms with Crippen molar-refractivity contribution in [2.24, 2.45) is 7.05 Å². The molecule has 0 radical (unpaired) electrons. The van der Waals surface area contributed by atoms with Crippen molar-refractivity contribution in [3.63, 3.8) is 0 Å². The van der Waals surface area contributed by atoms with Gasteiger partial charge in [-0.05, 0) is 35.4 Å². The predicted octanol–water partition coefficient (Wildman–Crippen LogP) is 5.06. The third kappa shape index (κ3) is 2.53. The Morgan fingerprint density at radius 2 is 1.61 bits per heavy atom. The maximum absolute atomic E-state index is 13.3. The minimum Gasteiger partial charge on any atom is -0.350 e. The lowest BCUT2D eigenvalue weighted by Crippen LogP contribution is -2.28. The summed E-state index contributed by atoms with van der Waals surface area (Å²) in [5.74, 6) is -0.261. The second-order valence-corrected chi connectivity index (χ2v) is 7.26. The molecule has 138 valence electrons. The zero-order chi connectivity index (χ0) is 19.3. The number of fused-ring (bicyclic) bond motifs is 2. The Hall–Kier alpha value is -3.40. The third-order valence-corrected chi connectivity index (χ3v) is 5.55. The lowest BCUT2D eigenvalue weighted by atomic mass is 9.97. The molecular weight excluding hydrogens is 351 g/mol. The molecule has 0 saturated carbocycles. The number of nitrogens with zero attached hydrogens (tertiary/aromatic N) is 2. The highest BCUT2D eigenvalue weighted by atomic mass is 19.1. The van der Waals surface area contributed by atoms with Gasteiger partial charge in [0.25, 0.3) is 5.91 Å². The summed E-state index contributed by atoms with van der Waals surface area (Å²) < 4.78 is 15.4. The van der Waals surface area contributed by atoms with Crippen molar-refractivity contribution in [1.82, 2.24) is 9.47 Å². The van der Waals surface area contributed by atoms with Crippen LogP contribution in [0.1, 0.15) is 33.1 Å². The Bertz CT molecular complexity index is 1190. The van der Waals surface area contributed by atoms with Gasteiger partial charge >= 0.3 is 0 Å². The SMILES string of the molecule is Cn1cc([C@@H]2c3ccccc3C(=O)N2Cc2ccc(F)cc2)c2ccccc21. The van der Waals surface area contributed by atoms with Crippen molar-refractivity contribution in [3.05, 3.63) is 107 Å². The zero-order valence-corrected chi connectivity index (χ0v) is 15.5. The van der Waals surface area contributed by atoms with Crippen LogP contribution >= 0.6 is 0 Å². The molecule has 2 heterocycles. The number of aromatic nitrogens is 1. The average molecular weight is 370 g/mol. The number of carbonyl (C=O) groups is 1. The van der Waals surface area contributed by atoms with Gasteiger partial charge in [0.2, 0.25) is 0 Å². The second-order valence-electron chi connectivity index (χ2n) is 7.26. The number of para-hydroxylation sites is 1. The molecule has 4 heteroatoms. The van der Waals surface area contributed by atoms with E-state index in [-0.39, 0.29) is 17.8 Å². The van der Waals surface area contributed by atoms with Gasteiger partial charge in [0.15, 0.2) is 0 Å². The van der Waals surface area contributed by atoms with E-state index in [0.29, 0.717) is 6.54 Å². The average Bonchev–Trinajstić information content (AvgIpc) is 3.19. The van der Waals surface area contributed by atoms with Crippen LogP contribution in [0.15, 0.2) is 79.0 Å². The van der Waals surface area contributed by atoms with Gasteiger partial charge in [-0.2, -0.15) is 0 Å². The van der Waals surface area contributed by atoms with Gasteiger partial charge in [0.05, 0.1) is 6.04 Å². The molecule has 0 unspecified atom stereocenters. The van der Waals surface area contributed by atoms with E-state index >= 15 is 0 Å². The summed E-state index contributed by atoms with van der Waals surface area (Å²) >= 11 is 0. The van der Waals surface area contributed by atoms with Crippen LogP contribution in [-0.2, 0) is 13.6 Å². The number of aryl methyl sites for hydroxylation is 1. The molecule has 0 aliphatic carbocycles. The van der Waals surface area contributed by atoms with Crippen LogP contribution in [0.3, 0.4) is 0 Å². The fraction of sp³-hybridized carbons (Fsp3) is 0.125. The molecule has 1 aliphatic rings. The van der Waals surface area contributed by atoms with Crippen molar-refractivity contribution < 1.29 is 9.18 Å². The topological polar surface area (TPSA) is 25.2 Å². The van der Waals surface area contributed by atoms with E-state index < -0.39 is 0 Å². The normalized spacial score (nSPS) is 16.0. The first-order valence-electron chi connectivity index (χ1n) is 9.32. The smallest absolute Gasteiger partial charge is 0.255 e. The quantitative estimate of drug-likeness (QED) is 0.495. The molecule has 0 spiro atoms. The number of halogens is 1. The Kier molecular flexibility index (Phi) is 3.79. The first-order chi connectivity index (χ1) is 13.6. The van der Waals surface area contributed by atoms with Crippen LogP contribution in [0, 0.1) is 5.82 Å². The summed E-state index contributed by atoms with van der Waals surface area (Å²) in [5, 5.41) is 1.14.